The van der Waals surface area contributed by atoms with Gasteiger partial charge in [0, 0.05) is 11.8 Å². The van der Waals surface area contributed by atoms with Crippen LogP contribution >= 0.6 is 0 Å². The van der Waals surface area contributed by atoms with Gasteiger partial charge in [-0.15, -0.1) is 0 Å². The molecule has 0 saturated carbocycles. The van der Waals surface area contributed by atoms with E-state index in [1.165, 1.54) is 18.2 Å². The van der Waals surface area contributed by atoms with Crippen LogP contribution in [0, 0.1) is 10.1 Å². The third-order valence-corrected chi connectivity index (χ3v) is 2.33. The van der Waals surface area contributed by atoms with Crippen LogP contribution in [0.5, 0.6) is 5.75 Å². The minimum absolute atomic E-state index is 0.0953. The number of phenolic OH excluding ortho intramolecular Hbond substituents is 1. The molecule has 1 aromatic carbocycles. The topological polar surface area (TPSA) is 104 Å². The summed E-state index contributed by atoms with van der Waals surface area (Å²) in [7, 11) is 0. The molecule has 1 rings (SSSR count). The summed E-state index contributed by atoms with van der Waals surface area (Å²) in [6, 6.07) is 3.80. The molecular weight excluding hydrogens is 222 g/mol. The van der Waals surface area contributed by atoms with E-state index in [0.717, 1.165) is 0 Å². The molecule has 0 heterocycles. The van der Waals surface area contributed by atoms with Crippen molar-refractivity contribution in [3.8, 4) is 5.75 Å². The highest BCUT2D eigenvalue weighted by atomic mass is 32.2. The first-order valence-electron chi connectivity index (χ1n) is 4.03. The minimum atomic E-state index is -2.17. The molecular formula is C8H8NO5S-. The largest absolute Gasteiger partial charge is 0.772 e. The molecule has 6 nitrogen and oxygen atoms in total. The normalized spacial score (nSPS) is 12.3. The number of aryl methyl sites for hydroxylation is 1. The molecule has 0 bridgehead atoms. The van der Waals surface area contributed by atoms with Gasteiger partial charge in [-0.05, 0) is 18.1 Å². The maximum Gasteiger partial charge on any atom is 0.310 e. The highest BCUT2D eigenvalue weighted by molar-refractivity contribution is 7.79. The highest BCUT2D eigenvalue weighted by Gasteiger charge is 2.13. The van der Waals surface area contributed by atoms with Crippen LogP contribution in [0.4, 0.5) is 5.69 Å². The molecule has 0 aliphatic rings. The number of rotatable bonds is 4. The SMILES string of the molecule is O=[N+]([O-])c1cc(CCS(=O)[O-])ccc1O. The standard InChI is InChI=1S/C8H9NO5S/c10-8-2-1-6(3-4-15(13)14)5-7(8)9(11)12/h1-2,5,10H,3-4H2,(H,13,14)/p-1. The van der Waals surface area contributed by atoms with Crippen molar-refractivity contribution in [2.24, 2.45) is 0 Å². The lowest BCUT2D eigenvalue weighted by Crippen LogP contribution is -2.00. The van der Waals surface area contributed by atoms with E-state index in [2.05, 4.69) is 0 Å². The number of phenols is 1. The number of hydrogen-bond acceptors (Lipinski definition) is 5. The fourth-order valence-electron chi connectivity index (χ4n) is 1.07. The Morgan fingerprint density at radius 2 is 2.13 bits per heavy atom. The van der Waals surface area contributed by atoms with E-state index in [0.29, 0.717) is 5.56 Å². The first-order valence-corrected chi connectivity index (χ1v) is 5.27. The summed E-state index contributed by atoms with van der Waals surface area (Å²) in [6.07, 6.45) is 0.192. The lowest BCUT2D eigenvalue weighted by atomic mass is 10.1. The van der Waals surface area contributed by atoms with Crippen LogP contribution in [-0.4, -0.2) is 24.5 Å². The maximum absolute atomic E-state index is 10.4. The fourth-order valence-corrected chi connectivity index (χ4v) is 1.47. The van der Waals surface area contributed by atoms with Crippen molar-refractivity contribution in [1.82, 2.24) is 0 Å². The van der Waals surface area contributed by atoms with E-state index in [4.69, 9.17) is 5.11 Å². The summed E-state index contributed by atoms with van der Waals surface area (Å²) in [5, 5.41) is 19.6. The smallest absolute Gasteiger partial charge is 0.310 e. The molecule has 0 amide bonds. The molecule has 0 fully saturated rings. The summed E-state index contributed by atoms with van der Waals surface area (Å²) in [6.45, 7) is 0. The van der Waals surface area contributed by atoms with Crippen molar-refractivity contribution < 1.29 is 18.8 Å². The van der Waals surface area contributed by atoms with Crippen molar-refractivity contribution in [3.63, 3.8) is 0 Å². The lowest BCUT2D eigenvalue weighted by molar-refractivity contribution is -0.385. The van der Waals surface area contributed by atoms with E-state index < -0.39 is 27.4 Å². The summed E-state index contributed by atoms with van der Waals surface area (Å²) in [5.41, 5.74) is 0.0906. The van der Waals surface area contributed by atoms with E-state index in [9.17, 15) is 18.9 Å². The third-order valence-electron chi connectivity index (χ3n) is 1.79. The Labute approximate surface area is 88.0 Å². The van der Waals surface area contributed by atoms with Gasteiger partial charge in [0.15, 0.2) is 5.75 Å². The van der Waals surface area contributed by atoms with Crippen molar-refractivity contribution in [1.29, 1.82) is 0 Å². The summed E-state index contributed by atoms with van der Waals surface area (Å²) in [5.74, 6) is -0.519. The molecule has 82 valence electrons. The molecule has 0 saturated heterocycles. The van der Waals surface area contributed by atoms with Gasteiger partial charge in [-0.25, -0.2) is 0 Å². The average Bonchev–Trinajstić information content (AvgIpc) is 2.16. The first kappa shape index (κ1) is 11.6. The Bertz CT molecular complexity index is 406. The maximum atomic E-state index is 10.4. The van der Waals surface area contributed by atoms with Crippen LogP contribution in [0.15, 0.2) is 18.2 Å². The molecule has 0 spiro atoms. The molecule has 1 unspecified atom stereocenters. The predicted octanol–water partition coefficient (Wildman–Crippen LogP) is 0.722. The molecule has 1 N–H and O–H groups in total. The summed E-state index contributed by atoms with van der Waals surface area (Å²) in [4.78, 5) is 9.72. The second-order valence-electron chi connectivity index (χ2n) is 2.84. The molecule has 0 radical (unpaired) electrons. The molecule has 1 aromatic rings. The second kappa shape index (κ2) is 4.85. The molecule has 7 heteroatoms. The number of hydrogen-bond donors (Lipinski definition) is 1. The van der Waals surface area contributed by atoms with Gasteiger partial charge in [-0.2, -0.15) is 0 Å². The number of nitrogens with zero attached hydrogens (tertiary/aromatic N) is 1. The van der Waals surface area contributed by atoms with Crippen LogP contribution in [0.25, 0.3) is 0 Å². The summed E-state index contributed by atoms with van der Waals surface area (Å²) >= 11 is -2.17. The van der Waals surface area contributed by atoms with E-state index in [1.54, 1.807) is 0 Å². The third kappa shape index (κ3) is 3.30. The number of nitro benzene ring substituents is 1. The van der Waals surface area contributed by atoms with Gasteiger partial charge in [-0.1, -0.05) is 17.1 Å². The van der Waals surface area contributed by atoms with Gasteiger partial charge in [0.25, 0.3) is 0 Å². The average molecular weight is 230 g/mol. The van der Waals surface area contributed by atoms with E-state index in [1.807, 2.05) is 0 Å². The van der Waals surface area contributed by atoms with E-state index >= 15 is 0 Å². The van der Waals surface area contributed by atoms with Crippen LogP contribution in [0.3, 0.4) is 0 Å². The second-order valence-corrected chi connectivity index (χ2v) is 3.85. The highest BCUT2D eigenvalue weighted by Crippen LogP contribution is 2.26. The molecule has 15 heavy (non-hydrogen) atoms. The minimum Gasteiger partial charge on any atom is -0.772 e. The zero-order chi connectivity index (χ0) is 11.4. The molecule has 0 aliphatic heterocycles. The Kier molecular flexibility index (Phi) is 3.75. The Morgan fingerprint density at radius 3 is 2.67 bits per heavy atom. The van der Waals surface area contributed by atoms with Gasteiger partial charge in [0.05, 0.1) is 4.92 Å². The quantitative estimate of drug-likeness (QED) is 0.466. The first-order chi connectivity index (χ1) is 7.00. The monoisotopic (exact) mass is 230 g/mol. The van der Waals surface area contributed by atoms with Gasteiger partial charge in [-0.3, -0.25) is 14.3 Å². The van der Waals surface area contributed by atoms with Gasteiger partial charge in [0.1, 0.15) is 0 Å². The van der Waals surface area contributed by atoms with Crippen LogP contribution in [-0.2, 0) is 17.5 Å². The Morgan fingerprint density at radius 1 is 1.47 bits per heavy atom. The lowest BCUT2D eigenvalue weighted by Gasteiger charge is -2.05. The van der Waals surface area contributed by atoms with Crippen molar-refractivity contribution >= 4 is 16.8 Å². The Hall–Kier alpha value is -1.47. The fraction of sp³-hybridized carbons (Fsp3) is 0.250. The van der Waals surface area contributed by atoms with Crippen LogP contribution in [0.2, 0.25) is 0 Å². The van der Waals surface area contributed by atoms with Crippen molar-refractivity contribution in [2.45, 2.75) is 6.42 Å². The van der Waals surface area contributed by atoms with Gasteiger partial charge >= 0.3 is 5.69 Å². The van der Waals surface area contributed by atoms with Gasteiger partial charge in [0.2, 0.25) is 0 Å². The predicted molar refractivity (Wildman–Crippen MR) is 52.3 cm³/mol. The molecule has 0 aromatic heterocycles. The van der Waals surface area contributed by atoms with Crippen molar-refractivity contribution in [3.05, 3.63) is 33.9 Å². The zero-order valence-electron chi connectivity index (χ0n) is 7.58. The van der Waals surface area contributed by atoms with Crippen LogP contribution in [0.1, 0.15) is 5.56 Å². The number of benzene rings is 1. The van der Waals surface area contributed by atoms with Crippen molar-refractivity contribution in [2.75, 3.05) is 5.75 Å². The zero-order valence-corrected chi connectivity index (χ0v) is 8.40. The van der Waals surface area contributed by atoms with Gasteiger partial charge < -0.3 is 9.66 Å². The number of nitro groups is 1. The van der Waals surface area contributed by atoms with Crippen LogP contribution < -0.4 is 0 Å². The molecule has 1 atom stereocenters. The molecule has 0 aliphatic carbocycles. The summed E-state index contributed by atoms with van der Waals surface area (Å²) < 4.78 is 20.6. The number of aromatic hydroxyl groups is 1. The Balaban J connectivity index is 2.87. The van der Waals surface area contributed by atoms with E-state index in [-0.39, 0.29) is 12.2 Å².